The molecular formula is C23H32N4O. The zero-order valence-corrected chi connectivity index (χ0v) is 17.0. The van der Waals surface area contributed by atoms with Crippen molar-refractivity contribution in [3.05, 3.63) is 65.7 Å². The van der Waals surface area contributed by atoms with Gasteiger partial charge in [0.2, 0.25) is 0 Å². The molecule has 0 aromatic heterocycles. The van der Waals surface area contributed by atoms with Crippen LogP contribution in [0.3, 0.4) is 0 Å². The Bertz CT molecular complexity index is 724. The standard InChI is InChI=1S/C23H32N4O/c1-19-8-10-21(11-9-19)18-24-23(28)25-20(2)12-13-26-14-16-27(17-15-26)22-6-4-3-5-7-22/h3-11,20H,12-18H2,1-2H3,(H2,24,25,28)/t20-/m1/s1. The van der Waals surface area contributed by atoms with Crippen LogP contribution in [0, 0.1) is 6.92 Å². The summed E-state index contributed by atoms with van der Waals surface area (Å²) in [7, 11) is 0. The van der Waals surface area contributed by atoms with Crippen LogP contribution in [0.1, 0.15) is 24.5 Å². The number of anilines is 1. The number of hydrogen-bond acceptors (Lipinski definition) is 3. The van der Waals surface area contributed by atoms with Gasteiger partial charge in [0, 0.05) is 51.0 Å². The fourth-order valence-electron chi connectivity index (χ4n) is 3.48. The molecule has 28 heavy (non-hydrogen) atoms. The first-order valence-corrected chi connectivity index (χ1v) is 10.2. The van der Waals surface area contributed by atoms with Crippen LogP contribution >= 0.6 is 0 Å². The minimum Gasteiger partial charge on any atom is -0.369 e. The highest BCUT2D eigenvalue weighted by atomic mass is 16.2. The third-order valence-electron chi connectivity index (χ3n) is 5.32. The van der Waals surface area contributed by atoms with Crippen molar-refractivity contribution in [2.24, 2.45) is 0 Å². The lowest BCUT2D eigenvalue weighted by Gasteiger charge is -2.36. The minimum atomic E-state index is -0.0954. The Labute approximate surface area is 168 Å². The van der Waals surface area contributed by atoms with Gasteiger partial charge >= 0.3 is 6.03 Å². The third kappa shape index (κ3) is 6.27. The second-order valence-electron chi connectivity index (χ2n) is 7.67. The van der Waals surface area contributed by atoms with Crippen molar-refractivity contribution >= 4 is 11.7 Å². The number of rotatable bonds is 7. The van der Waals surface area contributed by atoms with Gasteiger partial charge in [-0.1, -0.05) is 48.0 Å². The molecule has 1 fully saturated rings. The van der Waals surface area contributed by atoms with Crippen molar-refractivity contribution in [3.63, 3.8) is 0 Å². The van der Waals surface area contributed by atoms with Gasteiger partial charge in [-0.05, 0) is 38.0 Å². The van der Waals surface area contributed by atoms with Gasteiger partial charge in [-0.3, -0.25) is 4.90 Å². The lowest BCUT2D eigenvalue weighted by molar-refractivity contribution is 0.227. The smallest absolute Gasteiger partial charge is 0.315 e. The lowest BCUT2D eigenvalue weighted by atomic mass is 10.1. The van der Waals surface area contributed by atoms with Gasteiger partial charge in [0.25, 0.3) is 0 Å². The van der Waals surface area contributed by atoms with Gasteiger partial charge in [0.1, 0.15) is 0 Å². The Balaban J connectivity index is 1.31. The van der Waals surface area contributed by atoms with E-state index in [2.05, 4.69) is 76.7 Å². The van der Waals surface area contributed by atoms with Crippen LogP contribution in [0.5, 0.6) is 0 Å². The number of urea groups is 1. The Kier molecular flexibility index (Phi) is 7.31. The van der Waals surface area contributed by atoms with Gasteiger partial charge in [-0.15, -0.1) is 0 Å². The van der Waals surface area contributed by atoms with E-state index in [4.69, 9.17) is 0 Å². The van der Waals surface area contributed by atoms with Crippen LogP contribution in [0.15, 0.2) is 54.6 Å². The van der Waals surface area contributed by atoms with Crippen LogP contribution in [0.25, 0.3) is 0 Å². The number of carbonyl (C=O) groups excluding carboxylic acids is 1. The van der Waals surface area contributed by atoms with E-state index >= 15 is 0 Å². The van der Waals surface area contributed by atoms with Crippen molar-refractivity contribution in [3.8, 4) is 0 Å². The summed E-state index contributed by atoms with van der Waals surface area (Å²) in [6.45, 7) is 9.97. The van der Waals surface area contributed by atoms with Crippen molar-refractivity contribution in [1.82, 2.24) is 15.5 Å². The Morgan fingerprint density at radius 3 is 2.36 bits per heavy atom. The molecule has 1 aliphatic rings. The Morgan fingerprint density at radius 1 is 1.00 bits per heavy atom. The highest BCUT2D eigenvalue weighted by Crippen LogP contribution is 2.15. The van der Waals surface area contributed by atoms with Gasteiger partial charge in [-0.25, -0.2) is 4.79 Å². The molecule has 0 bridgehead atoms. The predicted octanol–water partition coefficient (Wildman–Crippen LogP) is 3.40. The monoisotopic (exact) mass is 380 g/mol. The number of piperazine rings is 1. The van der Waals surface area contributed by atoms with Crippen LogP contribution in [-0.2, 0) is 6.54 Å². The molecule has 2 aromatic rings. The minimum absolute atomic E-state index is 0.0954. The first kappa shape index (κ1) is 20.2. The maximum Gasteiger partial charge on any atom is 0.315 e. The maximum atomic E-state index is 12.1. The van der Waals surface area contributed by atoms with Gasteiger partial charge < -0.3 is 15.5 Å². The van der Waals surface area contributed by atoms with Gasteiger partial charge in [-0.2, -0.15) is 0 Å². The first-order chi connectivity index (χ1) is 13.6. The van der Waals surface area contributed by atoms with Crippen molar-refractivity contribution in [1.29, 1.82) is 0 Å². The third-order valence-corrected chi connectivity index (χ3v) is 5.32. The second-order valence-corrected chi connectivity index (χ2v) is 7.67. The van der Waals surface area contributed by atoms with E-state index in [0.717, 1.165) is 44.7 Å². The summed E-state index contributed by atoms with van der Waals surface area (Å²) in [6, 6.07) is 18.9. The highest BCUT2D eigenvalue weighted by molar-refractivity contribution is 5.74. The number of nitrogens with one attached hydrogen (secondary N) is 2. The average Bonchev–Trinajstić information content (AvgIpc) is 2.73. The first-order valence-electron chi connectivity index (χ1n) is 10.2. The molecule has 2 amide bonds. The van der Waals surface area contributed by atoms with Crippen molar-refractivity contribution in [2.45, 2.75) is 32.9 Å². The quantitative estimate of drug-likeness (QED) is 0.774. The molecule has 0 spiro atoms. The summed E-state index contributed by atoms with van der Waals surface area (Å²) in [5.74, 6) is 0. The molecule has 1 saturated heterocycles. The fraction of sp³-hybridized carbons (Fsp3) is 0.435. The topological polar surface area (TPSA) is 47.6 Å². The summed E-state index contributed by atoms with van der Waals surface area (Å²) < 4.78 is 0. The predicted molar refractivity (Wildman–Crippen MR) is 116 cm³/mol. The molecule has 150 valence electrons. The fourth-order valence-corrected chi connectivity index (χ4v) is 3.48. The molecule has 1 atom stereocenters. The van der Waals surface area contributed by atoms with E-state index in [1.807, 2.05) is 12.1 Å². The molecule has 2 N–H and O–H groups in total. The zero-order chi connectivity index (χ0) is 19.8. The molecule has 1 aliphatic heterocycles. The number of benzene rings is 2. The van der Waals surface area contributed by atoms with E-state index in [9.17, 15) is 4.79 Å². The molecule has 5 nitrogen and oxygen atoms in total. The molecule has 2 aromatic carbocycles. The van der Waals surface area contributed by atoms with Crippen LogP contribution in [0.4, 0.5) is 10.5 Å². The van der Waals surface area contributed by atoms with Crippen LogP contribution in [-0.4, -0.2) is 49.7 Å². The molecule has 0 radical (unpaired) electrons. The molecule has 3 rings (SSSR count). The number of nitrogens with zero attached hydrogens (tertiary/aromatic N) is 2. The normalized spacial score (nSPS) is 15.9. The molecule has 0 aliphatic carbocycles. The number of para-hydroxylation sites is 1. The van der Waals surface area contributed by atoms with E-state index in [1.165, 1.54) is 11.3 Å². The molecular weight excluding hydrogens is 348 g/mol. The van der Waals surface area contributed by atoms with E-state index in [1.54, 1.807) is 0 Å². The summed E-state index contributed by atoms with van der Waals surface area (Å²) >= 11 is 0. The SMILES string of the molecule is Cc1ccc(CNC(=O)N[C@H](C)CCN2CCN(c3ccccc3)CC2)cc1. The largest absolute Gasteiger partial charge is 0.369 e. The maximum absolute atomic E-state index is 12.1. The van der Waals surface area contributed by atoms with E-state index < -0.39 is 0 Å². The molecule has 1 heterocycles. The Morgan fingerprint density at radius 2 is 1.68 bits per heavy atom. The number of aryl methyl sites for hydroxylation is 1. The second kappa shape index (κ2) is 10.1. The number of hydrogen-bond donors (Lipinski definition) is 2. The van der Waals surface area contributed by atoms with E-state index in [0.29, 0.717) is 6.54 Å². The highest BCUT2D eigenvalue weighted by Gasteiger charge is 2.17. The number of amides is 2. The Hall–Kier alpha value is -2.53. The summed E-state index contributed by atoms with van der Waals surface area (Å²) in [5, 5.41) is 5.99. The summed E-state index contributed by atoms with van der Waals surface area (Å²) in [6.07, 6.45) is 0.962. The molecule has 0 saturated carbocycles. The summed E-state index contributed by atoms with van der Waals surface area (Å²) in [4.78, 5) is 17.0. The van der Waals surface area contributed by atoms with Gasteiger partial charge in [0.05, 0.1) is 0 Å². The van der Waals surface area contributed by atoms with Crippen LogP contribution in [0.2, 0.25) is 0 Å². The number of carbonyl (C=O) groups is 1. The van der Waals surface area contributed by atoms with Crippen LogP contribution < -0.4 is 15.5 Å². The zero-order valence-electron chi connectivity index (χ0n) is 17.0. The van der Waals surface area contributed by atoms with Crippen molar-refractivity contribution < 1.29 is 4.79 Å². The summed E-state index contributed by atoms with van der Waals surface area (Å²) in [5.41, 5.74) is 3.65. The molecule has 0 unspecified atom stereocenters. The lowest BCUT2D eigenvalue weighted by Crippen LogP contribution is -2.48. The van der Waals surface area contributed by atoms with Crippen molar-refractivity contribution in [2.75, 3.05) is 37.6 Å². The van der Waals surface area contributed by atoms with Gasteiger partial charge in [0.15, 0.2) is 0 Å². The molecule has 5 heteroatoms. The van der Waals surface area contributed by atoms with E-state index in [-0.39, 0.29) is 12.1 Å². The average molecular weight is 381 g/mol.